The van der Waals surface area contributed by atoms with Crippen molar-refractivity contribution in [2.24, 2.45) is 4.99 Å². The zero-order valence-electron chi connectivity index (χ0n) is 16.2. The Morgan fingerprint density at radius 3 is 2.53 bits per heavy atom. The van der Waals surface area contributed by atoms with E-state index in [2.05, 4.69) is 20.3 Å². The quantitative estimate of drug-likeness (QED) is 0.283. The first-order chi connectivity index (χ1) is 14.5. The molecule has 9 nitrogen and oxygen atoms in total. The number of anilines is 1. The predicted octanol–water partition coefficient (Wildman–Crippen LogP) is 3.16. The van der Waals surface area contributed by atoms with Gasteiger partial charge in [-0.05, 0) is 6.92 Å². The van der Waals surface area contributed by atoms with E-state index in [1.807, 2.05) is 0 Å². The molecule has 0 atom stereocenters. The Kier molecular flexibility index (Phi) is 8.52. The van der Waals surface area contributed by atoms with Gasteiger partial charge in [0.25, 0.3) is 0 Å². The number of ether oxygens (including phenoxy) is 2. The largest absolute Gasteiger partial charge is 0.506 e. The van der Waals surface area contributed by atoms with Gasteiger partial charge >= 0.3 is 11.9 Å². The van der Waals surface area contributed by atoms with Gasteiger partial charge in [0.05, 0.1) is 26.1 Å². The maximum Gasteiger partial charge on any atom is 0.358 e. The molecule has 2 aromatic rings. The number of carbonyl (C=O) groups is 2. The second kappa shape index (κ2) is 11.3. The summed E-state index contributed by atoms with van der Waals surface area (Å²) in [4.78, 5) is 36.2. The molecule has 1 aromatic heterocycles. The summed E-state index contributed by atoms with van der Waals surface area (Å²) in [5.41, 5.74) is -0.0498. The van der Waals surface area contributed by atoms with Crippen LogP contribution in [0.4, 0.5) is 5.82 Å². The number of benzene rings is 1. The highest BCUT2D eigenvalue weighted by Gasteiger charge is 2.17. The summed E-state index contributed by atoms with van der Waals surface area (Å²) in [6, 6.07) is 8.38. The van der Waals surface area contributed by atoms with Gasteiger partial charge in [-0.1, -0.05) is 41.9 Å². The number of methoxy groups -OCH3 is 1. The zero-order chi connectivity index (χ0) is 21.9. The molecule has 156 valence electrons. The van der Waals surface area contributed by atoms with Crippen molar-refractivity contribution < 1.29 is 24.2 Å². The van der Waals surface area contributed by atoms with Gasteiger partial charge in [0, 0.05) is 18.0 Å². The highest BCUT2D eigenvalue weighted by molar-refractivity contribution is 6.29. The number of aliphatic imine (C=N–C) groups is 1. The maximum atomic E-state index is 12.3. The van der Waals surface area contributed by atoms with E-state index in [4.69, 9.17) is 21.1 Å². The van der Waals surface area contributed by atoms with Crippen molar-refractivity contribution in [2.75, 3.05) is 19.0 Å². The fourth-order valence-electron chi connectivity index (χ4n) is 2.09. The van der Waals surface area contributed by atoms with Crippen LogP contribution in [-0.2, 0) is 19.1 Å². The Labute approximate surface area is 177 Å². The third kappa shape index (κ3) is 6.42. The Bertz CT molecular complexity index is 972. The van der Waals surface area contributed by atoms with Gasteiger partial charge in [0.1, 0.15) is 22.3 Å². The summed E-state index contributed by atoms with van der Waals surface area (Å²) >= 11 is 5.68. The van der Waals surface area contributed by atoms with E-state index in [9.17, 15) is 14.7 Å². The summed E-state index contributed by atoms with van der Waals surface area (Å²) in [5.74, 6) is -1.64. The summed E-state index contributed by atoms with van der Waals surface area (Å²) in [6.07, 6.45) is 4.90. The summed E-state index contributed by atoms with van der Waals surface area (Å²) in [7, 11) is 1.18. The third-order valence-electron chi connectivity index (χ3n) is 3.50. The molecule has 0 saturated carbocycles. The Balaban J connectivity index is 2.38. The molecule has 0 amide bonds. The number of esters is 2. The fraction of sp³-hybridized carbons (Fsp3) is 0.150. The number of nitrogens with one attached hydrogen (secondary N) is 1. The van der Waals surface area contributed by atoms with Crippen LogP contribution >= 0.6 is 11.6 Å². The second-order valence-electron chi connectivity index (χ2n) is 5.50. The first-order valence-electron chi connectivity index (χ1n) is 8.68. The molecular formula is C20H19ClN4O5. The first kappa shape index (κ1) is 22.6. The predicted molar refractivity (Wildman–Crippen MR) is 112 cm³/mol. The minimum Gasteiger partial charge on any atom is -0.506 e. The van der Waals surface area contributed by atoms with Gasteiger partial charge in [-0.2, -0.15) is 0 Å². The van der Waals surface area contributed by atoms with Crippen LogP contribution in [0.15, 0.2) is 65.2 Å². The monoisotopic (exact) mass is 430 g/mol. The SMILES string of the molecule is CCOC(=O)C(/C=N/C(=C\Nc1cnc(Cl)cn1)C(=O)OC)=C(/O)c1ccccc1. The molecule has 0 aliphatic rings. The molecule has 0 unspecified atom stereocenters. The van der Waals surface area contributed by atoms with Crippen molar-refractivity contribution in [3.8, 4) is 0 Å². The van der Waals surface area contributed by atoms with Gasteiger partial charge in [0.15, 0.2) is 5.70 Å². The second-order valence-corrected chi connectivity index (χ2v) is 5.88. The molecule has 0 aliphatic heterocycles. The topological polar surface area (TPSA) is 123 Å². The Hall–Kier alpha value is -3.72. The molecule has 2 rings (SSSR count). The summed E-state index contributed by atoms with van der Waals surface area (Å²) in [5, 5.41) is 13.5. The number of rotatable bonds is 8. The Morgan fingerprint density at radius 2 is 1.93 bits per heavy atom. The lowest BCUT2D eigenvalue weighted by atomic mass is 10.1. The average Bonchev–Trinajstić information content (AvgIpc) is 2.77. The highest BCUT2D eigenvalue weighted by Crippen LogP contribution is 2.16. The molecule has 0 spiro atoms. The van der Waals surface area contributed by atoms with Gasteiger partial charge in [-0.15, -0.1) is 0 Å². The third-order valence-corrected chi connectivity index (χ3v) is 3.70. The fourth-order valence-corrected chi connectivity index (χ4v) is 2.19. The van der Waals surface area contributed by atoms with E-state index >= 15 is 0 Å². The molecule has 2 N–H and O–H groups in total. The average molecular weight is 431 g/mol. The molecule has 1 heterocycles. The van der Waals surface area contributed by atoms with E-state index in [0.717, 1.165) is 6.21 Å². The van der Waals surface area contributed by atoms with Crippen LogP contribution in [0.3, 0.4) is 0 Å². The molecule has 10 heteroatoms. The first-order valence-corrected chi connectivity index (χ1v) is 9.06. The Morgan fingerprint density at radius 1 is 1.20 bits per heavy atom. The minimum absolute atomic E-state index is 0.0920. The van der Waals surface area contributed by atoms with Crippen molar-refractivity contribution in [2.45, 2.75) is 6.92 Å². The van der Waals surface area contributed by atoms with E-state index < -0.39 is 11.9 Å². The van der Waals surface area contributed by atoms with Gasteiger partial charge in [0.2, 0.25) is 0 Å². The number of carbonyl (C=O) groups excluding carboxylic acids is 2. The van der Waals surface area contributed by atoms with Crippen LogP contribution in [0.5, 0.6) is 0 Å². The molecule has 0 bridgehead atoms. The summed E-state index contributed by atoms with van der Waals surface area (Å²) in [6.45, 7) is 1.72. The minimum atomic E-state index is -0.802. The molecule has 1 aromatic carbocycles. The number of aliphatic hydroxyl groups is 1. The van der Waals surface area contributed by atoms with Crippen LogP contribution in [0.1, 0.15) is 12.5 Å². The molecule has 30 heavy (non-hydrogen) atoms. The molecule has 0 saturated heterocycles. The normalized spacial score (nSPS) is 12.3. The molecule has 0 aliphatic carbocycles. The number of aliphatic hydroxyl groups excluding tert-OH is 1. The van der Waals surface area contributed by atoms with Crippen molar-refractivity contribution >= 4 is 41.3 Å². The van der Waals surface area contributed by atoms with Gasteiger partial charge in [-0.25, -0.2) is 24.5 Å². The zero-order valence-corrected chi connectivity index (χ0v) is 17.0. The number of hydrogen-bond donors (Lipinski definition) is 2. The van der Waals surface area contributed by atoms with Gasteiger partial charge in [-0.3, -0.25) is 0 Å². The highest BCUT2D eigenvalue weighted by atomic mass is 35.5. The van der Waals surface area contributed by atoms with Crippen molar-refractivity contribution in [3.63, 3.8) is 0 Å². The number of hydrogen-bond acceptors (Lipinski definition) is 9. The van der Waals surface area contributed by atoms with Crippen LogP contribution in [-0.4, -0.2) is 46.9 Å². The maximum absolute atomic E-state index is 12.3. The number of halogens is 1. The van der Waals surface area contributed by atoms with Crippen molar-refractivity contribution in [1.29, 1.82) is 0 Å². The van der Waals surface area contributed by atoms with E-state index in [1.54, 1.807) is 37.3 Å². The van der Waals surface area contributed by atoms with Crippen LogP contribution in [0.25, 0.3) is 5.76 Å². The van der Waals surface area contributed by atoms with Crippen molar-refractivity contribution in [1.82, 2.24) is 9.97 Å². The van der Waals surface area contributed by atoms with Gasteiger partial charge < -0.3 is 19.9 Å². The lowest BCUT2D eigenvalue weighted by Gasteiger charge is -2.07. The number of nitrogens with zero attached hydrogens (tertiary/aromatic N) is 3. The lowest BCUT2D eigenvalue weighted by Crippen LogP contribution is -2.12. The molecule has 0 radical (unpaired) electrons. The number of aromatic nitrogens is 2. The summed E-state index contributed by atoms with van der Waals surface area (Å²) < 4.78 is 9.67. The smallest absolute Gasteiger partial charge is 0.358 e. The van der Waals surface area contributed by atoms with E-state index in [1.165, 1.54) is 25.7 Å². The van der Waals surface area contributed by atoms with Crippen molar-refractivity contribution in [3.05, 3.63) is 70.9 Å². The van der Waals surface area contributed by atoms with E-state index in [-0.39, 0.29) is 28.8 Å². The molecule has 0 fully saturated rings. The van der Waals surface area contributed by atoms with Crippen LogP contribution in [0, 0.1) is 0 Å². The standard InChI is InChI=1S/C20H19ClN4O5/c1-3-30-19(27)14(18(26)13-7-5-4-6-8-13)9-22-15(20(28)29-2)10-24-17-12-23-16(21)11-25-17/h4-12,26H,3H2,1-2H3,(H,24,25)/b15-10-,18-14+,22-9+. The lowest BCUT2D eigenvalue weighted by molar-refractivity contribution is -0.138. The van der Waals surface area contributed by atoms with Crippen LogP contribution in [0.2, 0.25) is 5.15 Å². The van der Waals surface area contributed by atoms with Crippen LogP contribution < -0.4 is 5.32 Å². The van der Waals surface area contributed by atoms with E-state index in [0.29, 0.717) is 11.4 Å². The molecular weight excluding hydrogens is 412 g/mol.